The van der Waals surface area contributed by atoms with Crippen molar-refractivity contribution in [3.8, 4) is 5.69 Å². The Kier molecular flexibility index (Phi) is 5.90. The van der Waals surface area contributed by atoms with Crippen molar-refractivity contribution in [3.63, 3.8) is 0 Å². The molecule has 12 heteroatoms. The number of halogens is 2. The Balaban J connectivity index is 2.06. The van der Waals surface area contributed by atoms with Gasteiger partial charge in [0.1, 0.15) is 0 Å². The first-order valence-electron chi connectivity index (χ1n) is 8.68. The minimum absolute atomic E-state index is 0.00135. The van der Waals surface area contributed by atoms with Crippen LogP contribution >= 0.6 is 23.2 Å². The summed E-state index contributed by atoms with van der Waals surface area (Å²) in [7, 11) is 0. The Labute approximate surface area is 178 Å². The molecule has 0 aliphatic heterocycles. The molecule has 0 spiro atoms. The molecule has 0 saturated carbocycles. The molecule has 2 aromatic heterocycles. The zero-order chi connectivity index (χ0) is 22.2. The molecule has 0 fully saturated rings. The standard InChI is InChI=1S/C18H16Cl2N6O4/c1-7(2)10-3-8(23-24-16(10)28)4-11-12(19)5-9(6-13(11)20)26-18(30)22-17(29)14(25-26)15(21)27/h3,5-7H,4H2,1-2H3,(H2,21,27)(H,24,28)(H,22,29,30). The molecule has 0 unspecified atom stereocenters. The highest BCUT2D eigenvalue weighted by Crippen LogP contribution is 2.29. The van der Waals surface area contributed by atoms with Gasteiger partial charge in [0, 0.05) is 22.0 Å². The highest BCUT2D eigenvalue weighted by molar-refractivity contribution is 6.36. The van der Waals surface area contributed by atoms with Gasteiger partial charge in [-0.3, -0.25) is 19.4 Å². The van der Waals surface area contributed by atoms with Crippen LogP contribution in [0.5, 0.6) is 0 Å². The van der Waals surface area contributed by atoms with Gasteiger partial charge in [-0.15, -0.1) is 0 Å². The molecule has 0 saturated heterocycles. The first-order valence-corrected chi connectivity index (χ1v) is 9.44. The average molecular weight is 451 g/mol. The average Bonchev–Trinajstić information content (AvgIpc) is 2.65. The van der Waals surface area contributed by atoms with Crippen molar-refractivity contribution in [2.45, 2.75) is 26.2 Å². The second-order valence-electron chi connectivity index (χ2n) is 6.75. The Hall–Kier alpha value is -3.24. The van der Waals surface area contributed by atoms with Gasteiger partial charge in [-0.2, -0.15) is 14.9 Å². The van der Waals surface area contributed by atoms with Gasteiger partial charge >= 0.3 is 5.69 Å². The maximum Gasteiger partial charge on any atom is 0.349 e. The van der Waals surface area contributed by atoms with Crippen molar-refractivity contribution < 1.29 is 4.79 Å². The molecule has 10 nitrogen and oxygen atoms in total. The summed E-state index contributed by atoms with van der Waals surface area (Å²) in [5, 5.41) is 10.6. The van der Waals surface area contributed by atoms with E-state index in [1.54, 1.807) is 6.07 Å². The minimum Gasteiger partial charge on any atom is -0.364 e. The van der Waals surface area contributed by atoms with Crippen LogP contribution in [0, 0.1) is 0 Å². The number of aromatic nitrogens is 5. The molecule has 0 radical (unpaired) electrons. The number of amides is 1. The lowest BCUT2D eigenvalue weighted by atomic mass is 10.0. The number of carbonyl (C=O) groups excluding carboxylic acids is 1. The fourth-order valence-corrected chi connectivity index (χ4v) is 3.39. The maximum absolute atomic E-state index is 12.1. The van der Waals surface area contributed by atoms with E-state index in [0.717, 1.165) is 4.68 Å². The number of carbonyl (C=O) groups is 1. The summed E-state index contributed by atoms with van der Waals surface area (Å²) in [6.07, 6.45) is 0.217. The van der Waals surface area contributed by atoms with Gasteiger partial charge in [-0.1, -0.05) is 37.0 Å². The van der Waals surface area contributed by atoms with Gasteiger partial charge in [-0.05, 0) is 29.7 Å². The largest absolute Gasteiger partial charge is 0.364 e. The maximum atomic E-state index is 12.1. The van der Waals surface area contributed by atoms with Gasteiger partial charge in [0.25, 0.3) is 17.0 Å². The number of H-pyrrole nitrogens is 2. The van der Waals surface area contributed by atoms with Crippen LogP contribution in [0.15, 0.2) is 32.6 Å². The van der Waals surface area contributed by atoms with E-state index in [9.17, 15) is 19.2 Å². The number of primary amides is 1. The number of nitrogens with two attached hydrogens (primary N) is 1. The number of aromatic amines is 2. The highest BCUT2D eigenvalue weighted by atomic mass is 35.5. The molecule has 1 aromatic carbocycles. The molecule has 3 rings (SSSR count). The summed E-state index contributed by atoms with van der Waals surface area (Å²) in [5.41, 5.74) is 4.06. The Morgan fingerprint density at radius 2 is 1.77 bits per heavy atom. The third kappa shape index (κ3) is 4.19. The van der Waals surface area contributed by atoms with Crippen LogP contribution < -0.4 is 22.5 Å². The smallest absolute Gasteiger partial charge is 0.349 e. The van der Waals surface area contributed by atoms with E-state index in [0.29, 0.717) is 16.8 Å². The third-order valence-electron chi connectivity index (χ3n) is 4.30. The van der Waals surface area contributed by atoms with E-state index in [4.69, 9.17) is 28.9 Å². The topological polar surface area (TPSA) is 157 Å². The van der Waals surface area contributed by atoms with Crippen molar-refractivity contribution in [1.29, 1.82) is 0 Å². The highest BCUT2D eigenvalue weighted by Gasteiger charge is 2.17. The normalized spacial score (nSPS) is 11.1. The summed E-state index contributed by atoms with van der Waals surface area (Å²) in [6, 6.07) is 4.47. The number of nitrogens with zero attached hydrogens (tertiary/aromatic N) is 3. The summed E-state index contributed by atoms with van der Waals surface area (Å²) in [4.78, 5) is 48.9. The molecule has 4 N–H and O–H groups in total. The van der Waals surface area contributed by atoms with Gasteiger partial charge in [0.15, 0.2) is 0 Å². The van der Waals surface area contributed by atoms with E-state index in [1.807, 2.05) is 18.8 Å². The molecule has 30 heavy (non-hydrogen) atoms. The van der Waals surface area contributed by atoms with Crippen LogP contribution in [-0.4, -0.2) is 30.9 Å². The van der Waals surface area contributed by atoms with Crippen LogP contribution in [-0.2, 0) is 6.42 Å². The van der Waals surface area contributed by atoms with Crippen molar-refractivity contribution >= 4 is 29.1 Å². The Morgan fingerprint density at radius 1 is 1.13 bits per heavy atom. The van der Waals surface area contributed by atoms with E-state index in [2.05, 4.69) is 15.3 Å². The molecule has 1 amide bonds. The fraction of sp³-hybridized carbons (Fsp3) is 0.222. The van der Waals surface area contributed by atoms with E-state index in [-0.39, 0.29) is 33.6 Å². The first kappa shape index (κ1) is 21.5. The molecule has 3 aromatic rings. The summed E-state index contributed by atoms with van der Waals surface area (Å²) in [5.74, 6) is -1.09. The van der Waals surface area contributed by atoms with Crippen molar-refractivity contribution in [3.05, 3.63) is 82.0 Å². The van der Waals surface area contributed by atoms with E-state index >= 15 is 0 Å². The van der Waals surface area contributed by atoms with Crippen LogP contribution in [0.3, 0.4) is 0 Å². The number of rotatable bonds is 5. The molecular formula is C18H16Cl2N6O4. The predicted molar refractivity (Wildman–Crippen MR) is 111 cm³/mol. The van der Waals surface area contributed by atoms with Gasteiger partial charge in [-0.25, -0.2) is 9.89 Å². The van der Waals surface area contributed by atoms with Gasteiger partial charge in [0.2, 0.25) is 5.69 Å². The minimum atomic E-state index is -1.09. The van der Waals surface area contributed by atoms with Crippen molar-refractivity contribution in [2.24, 2.45) is 5.73 Å². The second-order valence-corrected chi connectivity index (χ2v) is 7.56. The number of hydrogen-bond acceptors (Lipinski definition) is 6. The Morgan fingerprint density at radius 3 is 2.33 bits per heavy atom. The SMILES string of the molecule is CC(C)c1cc(Cc2c(Cl)cc(-n3nc(C(N)=O)c(=O)[nH]c3=O)cc2Cl)n[nH]c1=O. The van der Waals surface area contributed by atoms with E-state index in [1.165, 1.54) is 12.1 Å². The van der Waals surface area contributed by atoms with Crippen molar-refractivity contribution in [1.82, 2.24) is 25.0 Å². The quantitative estimate of drug-likeness (QED) is 0.528. The van der Waals surface area contributed by atoms with Crippen LogP contribution in [0.25, 0.3) is 5.69 Å². The third-order valence-corrected chi connectivity index (χ3v) is 4.97. The zero-order valence-corrected chi connectivity index (χ0v) is 17.3. The van der Waals surface area contributed by atoms with Crippen LogP contribution in [0.1, 0.15) is 47.1 Å². The first-order chi connectivity index (χ1) is 14.1. The lowest BCUT2D eigenvalue weighted by Gasteiger charge is -2.12. The molecular weight excluding hydrogens is 435 g/mol. The number of hydrogen-bond donors (Lipinski definition) is 3. The van der Waals surface area contributed by atoms with E-state index < -0.39 is 22.9 Å². The lowest BCUT2D eigenvalue weighted by molar-refractivity contribution is 0.0992. The summed E-state index contributed by atoms with van der Waals surface area (Å²) in [6.45, 7) is 3.77. The molecule has 0 atom stereocenters. The number of nitrogens with one attached hydrogen (secondary N) is 2. The van der Waals surface area contributed by atoms with Gasteiger partial charge < -0.3 is 5.73 Å². The Bertz CT molecular complexity index is 1300. The monoisotopic (exact) mass is 450 g/mol. The lowest BCUT2D eigenvalue weighted by Crippen LogP contribution is -2.37. The molecule has 0 bridgehead atoms. The van der Waals surface area contributed by atoms with Crippen molar-refractivity contribution in [2.75, 3.05) is 0 Å². The van der Waals surface area contributed by atoms with Gasteiger partial charge in [0.05, 0.1) is 11.4 Å². The summed E-state index contributed by atoms with van der Waals surface area (Å²) < 4.78 is 0.762. The predicted octanol–water partition coefficient (Wildman–Crippen LogP) is 1.12. The summed E-state index contributed by atoms with van der Waals surface area (Å²) >= 11 is 12.7. The van der Waals surface area contributed by atoms with Crippen LogP contribution in [0.2, 0.25) is 10.0 Å². The van der Waals surface area contributed by atoms with Crippen LogP contribution in [0.4, 0.5) is 0 Å². The second kappa shape index (κ2) is 8.25. The fourth-order valence-electron chi connectivity index (χ4n) is 2.78. The number of benzene rings is 1. The molecule has 0 aliphatic carbocycles. The molecule has 156 valence electrons. The molecule has 2 heterocycles. The zero-order valence-electron chi connectivity index (χ0n) is 15.8. The molecule has 0 aliphatic rings.